The molecule has 0 unspecified atom stereocenters. The van der Waals surface area contributed by atoms with Gasteiger partial charge in [0.25, 0.3) is 0 Å². The van der Waals surface area contributed by atoms with E-state index < -0.39 is 11.6 Å². The first kappa shape index (κ1) is 18.4. The second kappa shape index (κ2) is 7.03. The minimum Gasteiger partial charge on any atom is -0.338 e. The average Bonchev–Trinajstić information content (AvgIpc) is 3.30. The number of aromatic nitrogens is 4. The van der Waals surface area contributed by atoms with Crippen molar-refractivity contribution in [3.8, 4) is 11.4 Å². The zero-order valence-electron chi connectivity index (χ0n) is 15.2. The lowest BCUT2D eigenvalue weighted by Crippen LogP contribution is -1.87. The predicted molar refractivity (Wildman–Crippen MR) is 111 cm³/mol. The molecule has 0 saturated heterocycles. The number of fused-ring (bicyclic) bond motifs is 2. The quantitative estimate of drug-likeness (QED) is 0.354. The number of benzene rings is 3. The summed E-state index contributed by atoms with van der Waals surface area (Å²) in [4.78, 5) is 7.26. The van der Waals surface area contributed by atoms with Crippen molar-refractivity contribution in [2.75, 3.05) is 0 Å². The Morgan fingerprint density at radius 3 is 2.43 bits per heavy atom. The van der Waals surface area contributed by atoms with E-state index in [1.165, 1.54) is 30.3 Å². The molecule has 3 aromatic carbocycles. The number of nitrogens with zero attached hydrogens (tertiary/aromatic N) is 2. The molecule has 0 aliphatic carbocycles. The van der Waals surface area contributed by atoms with Gasteiger partial charge in [-0.2, -0.15) is 5.10 Å². The molecule has 4 nitrogen and oxygen atoms in total. The molecule has 2 N–H and O–H groups in total. The van der Waals surface area contributed by atoms with Crippen LogP contribution in [0.25, 0.3) is 45.5 Å². The third-order valence-electron chi connectivity index (χ3n) is 4.76. The van der Waals surface area contributed by atoms with Crippen LogP contribution in [0.5, 0.6) is 0 Å². The second-order valence-electron chi connectivity index (χ2n) is 6.74. The number of nitrogens with one attached hydrogen (secondary N) is 2. The van der Waals surface area contributed by atoms with E-state index in [0.29, 0.717) is 27.6 Å². The molecule has 148 valence electrons. The number of imidazole rings is 1. The van der Waals surface area contributed by atoms with Crippen LogP contribution < -0.4 is 0 Å². The maximum atomic E-state index is 14.7. The summed E-state index contributed by atoms with van der Waals surface area (Å²) >= 11 is 5.81. The van der Waals surface area contributed by atoms with Crippen LogP contribution in [0.15, 0.2) is 48.5 Å². The Labute approximate surface area is 173 Å². The molecule has 30 heavy (non-hydrogen) atoms. The van der Waals surface area contributed by atoms with Crippen LogP contribution >= 0.6 is 11.6 Å². The van der Waals surface area contributed by atoms with Crippen LogP contribution in [0.1, 0.15) is 11.3 Å². The van der Waals surface area contributed by atoms with E-state index in [-0.39, 0.29) is 22.2 Å². The number of hydrogen-bond donors (Lipinski definition) is 2. The lowest BCUT2D eigenvalue weighted by Gasteiger charge is -2.00. The normalized spacial score (nSPS) is 11.9. The predicted octanol–water partition coefficient (Wildman–Crippen LogP) is 6.35. The molecule has 0 fully saturated rings. The van der Waals surface area contributed by atoms with Gasteiger partial charge in [-0.25, -0.2) is 18.2 Å². The average molecular weight is 425 g/mol. The summed E-state index contributed by atoms with van der Waals surface area (Å²) in [7, 11) is 0. The molecule has 0 atom stereocenters. The van der Waals surface area contributed by atoms with E-state index in [0.717, 1.165) is 5.56 Å². The molecule has 0 bridgehead atoms. The molecule has 0 saturated carbocycles. The van der Waals surface area contributed by atoms with Gasteiger partial charge in [0, 0.05) is 17.5 Å². The Hall–Kier alpha value is -3.58. The molecule has 0 aliphatic heterocycles. The SMILES string of the molecule is Fc1ccc(C=Cc2n[nH]c3cc(F)c(-c4nc5cc(Cl)c(F)cc5[nH]4)cc23)cc1. The summed E-state index contributed by atoms with van der Waals surface area (Å²) in [5.41, 5.74) is 2.95. The highest BCUT2D eigenvalue weighted by molar-refractivity contribution is 6.31. The first-order valence-corrected chi connectivity index (χ1v) is 9.32. The van der Waals surface area contributed by atoms with Crippen molar-refractivity contribution in [1.29, 1.82) is 0 Å². The molecule has 5 aromatic rings. The van der Waals surface area contributed by atoms with E-state index >= 15 is 0 Å². The molecule has 2 heterocycles. The highest BCUT2D eigenvalue weighted by Gasteiger charge is 2.15. The molecule has 5 rings (SSSR count). The van der Waals surface area contributed by atoms with Crippen LogP contribution in [0, 0.1) is 17.5 Å². The van der Waals surface area contributed by atoms with E-state index in [1.54, 1.807) is 30.4 Å². The third-order valence-corrected chi connectivity index (χ3v) is 5.05. The lowest BCUT2D eigenvalue weighted by atomic mass is 10.1. The van der Waals surface area contributed by atoms with Crippen LogP contribution in [0.2, 0.25) is 5.02 Å². The van der Waals surface area contributed by atoms with Gasteiger partial charge >= 0.3 is 0 Å². The molecular weight excluding hydrogens is 413 g/mol. The topological polar surface area (TPSA) is 57.4 Å². The zero-order valence-corrected chi connectivity index (χ0v) is 15.9. The molecule has 0 spiro atoms. The lowest BCUT2D eigenvalue weighted by molar-refractivity contribution is 0.627. The first-order chi connectivity index (χ1) is 14.5. The van der Waals surface area contributed by atoms with Gasteiger partial charge in [-0.05, 0) is 35.9 Å². The van der Waals surface area contributed by atoms with E-state index in [9.17, 15) is 13.2 Å². The van der Waals surface area contributed by atoms with Gasteiger partial charge in [0.15, 0.2) is 0 Å². The number of H-pyrrole nitrogens is 2. The maximum Gasteiger partial charge on any atom is 0.144 e. The Kier molecular flexibility index (Phi) is 4.33. The summed E-state index contributed by atoms with van der Waals surface area (Å²) < 4.78 is 41.5. The highest BCUT2D eigenvalue weighted by Crippen LogP contribution is 2.30. The van der Waals surface area contributed by atoms with Gasteiger partial charge in [-0.15, -0.1) is 0 Å². The van der Waals surface area contributed by atoms with Crippen LogP contribution in [0.4, 0.5) is 13.2 Å². The third kappa shape index (κ3) is 3.23. The van der Waals surface area contributed by atoms with E-state index in [1.807, 2.05) is 0 Å². The van der Waals surface area contributed by atoms with Crippen LogP contribution in [-0.2, 0) is 0 Å². The van der Waals surface area contributed by atoms with Crippen LogP contribution in [0.3, 0.4) is 0 Å². The van der Waals surface area contributed by atoms with Gasteiger partial charge < -0.3 is 4.98 Å². The minimum absolute atomic E-state index is 0.0560. The van der Waals surface area contributed by atoms with E-state index in [4.69, 9.17) is 11.6 Å². The molecule has 2 aromatic heterocycles. The number of halogens is 4. The fourth-order valence-electron chi connectivity index (χ4n) is 3.25. The van der Waals surface area contributed by atoms with Gasteiger partial charge in [0.05, 0.1) is 32.8 Å². The largest absolute Gasteiger partial charge is 0.338 e. The van der Waals surface area contributed by atoms with Crippen molar-refractivity contribution in [2.24, 2.45) is 0 Å². The van der Waals surface area contributed by atoms with Gasteiger partial charge in [-0.3, -0.25) is 5.10 Å². The molecule has 0 amide bonds. The van der Waals surface area contributed by atoms with Crippen molar-refractivity contribution >= 4 is 45.7 Å². The van der Waals surface area contributed by atoms with Crippen molar-refractivity contribution < 1.29 is 13.2 Å². The molecule has 0 aliphatic rings. The first-order valence-electron chi connectivity index (χ1n) is 8.94. The Morgan fingerprint density at radius 1 is 0.867 bits per heavy atom. The summed E-state index contributed by atoms with van der Waals surface area (Å²) in [6, 6.07) is 11.6. The van der Waals surface area contributed by atoms with Crippen molar-refractivity contribution in [2.45, 2.75) is 0 Å². The van der Waals surface area contributed by atoms with Crippen molar-refractivity contribution in [3.63, 3.8) is 0 Å². The zero-order chi connectivity index (χ0) is 20.8. The maximum absolute atomic E-state index is 14.7. The summed E-state index contributed by atoms with van der Waals surface area (Å²) in [6.07, 6.45) is 3.53. The highest BCUT2D eigenvalue weighted by atomic mass is 35.5. The number of hydrogen-bond acceptors (Lipinski definition) is 2. The second-order valence-corrected chi connectivity index (χ2v) is 7.15. The molecule has 0 radical (unpaired) electrons. The van der Waals surface area contributed by atoms with Gasteiger partial charge in [0.2, 0.25) is 0 Å². The fourth-order valence-corrected chi connectivity index (χ4v) is 3.41. The van der Waals surface area contributed by atoms with E-state index in [2.05, 4.69) is 20.2 Å². The summed E-state index contributed by atoms with van der Waals surface area (Å²) in [5, 5.41) is 7.63. The molecule has 8 heteroatoms. The smallest absolute Gasteiger partial charge is 0.144 e. The monoisotopic (exact) mass is 424 g/mol. The Balaban J connectivity index is 1.59. The summed E-state index contributed by atoms with van der Waals surface area (Å²) in [5.74, 6) is -1.16. The van der Waals surface area contributed by atoms with Crippen LogP contribution in [-0.4, -0.2) is 20.2 Å². The number of rotatable bonds is 3. The number of aromatic amines is 2. The van der Waals surface area contributed by atoms with Gasteiger partial charge in [-0.1, -0.05) is 29.8 Å². The van der Waals surface area contributed by atoms with Crippen molar-refractivity contribution in [1.82, 2.24) is 20.2 Å². The Bertz CT molecular complexity index is 1400. The fraction of sp³-hybridized carbons (Fsp3) is 0. The van der Waals surface area contributed by atoms with Crippen molar-refractivity contribution in [3.05, 3.63) is 82.3 Å². The molecular formula is C22H12ClF3N4. The summed E-state index contributed by atoms with van der Waals surface area (Å²) in [6.45, 7) is 0. The van der Waals surface area contributed by atoms with Gasteiger partial charge in [0.1, 0.15) is 23.3 Å². The minimum atomic E-state index is -0.585. The standard InChI is InChI=1S/C22H12ClF3N4/c23-15-8-20-21(10-17(15)26)28-22(27-20)13-7-14-18(29-30-19(14)9-16(13)25)6-3-11-1-4-12(24)5-2-11/h1-10H,(H,27,28)(H,29,30). The Morgan fingerprint density at radius 2 is 1.63 bits per heavy atom.